The molecule has 0 N–H and O–H groups in total. The lowest BCUT2D eigenvalue weighted by atomic mass is 10.0. The highest BCUT2D eigenvalue weighted by atomic mass is 16.6. The summed E-state index contributed by atoms with van der Waals surface area (Å²) in [5, 5.41) is 0. The number of hydrogen-bond donors (Lipinski definition) is 0. The molecule has 0 bridgehead atoms. The predicted molar refractivity (Wildman–Crippen MR) is 136 cm³/mol. The van der Waals surface area contributed by atoms with E-state index in [1.165, 1.54) is 20.3 Å². The van der Waals surface area contributed by atoms with E-state index in [2.05, 4.69) is 0 Å². The molecule has 4 aromatic carbocycles. The van der Waals surface area contributed by atoms with Crippen LogP contribution in [0.3, 0.4) is 0 Å². The minimum Gasteiger partial charge on any atom is -0.496 e. The van der Waals surface area contributed by atoms with Crippen molar-refractivity contribution in [1.29, 1.82) is 0 Å². The molecule has 5 heteroatoms. The van der Waals surface area contributed by atoms with E-state index in [0.717, 1.165) is 16.7 Å². The third kappa shape index (κ3) is 5.65. The molecule has 0 unspecified atom stereocenters. The number of benzene rings is 4. The van der Waals surface area contributed by atoms with Gasteiger partial charge in [0.1, 0.15) is 11.3 Å². The maximum Gasteiger partial charge on any atom is 0.347 e. The van der Waals surface area contributed by atoms with Gasteiger partial charge in [-0.15, -0.1) is 0 Å². The van der Waals surface area contributed by atoms with Crippen molar-refractivity contribution in [3.63, 3.8) is 0 Å². The number of ether oxygens (including phenoxy) is 3. The topological polar surface area (TPSA) is 61.8 Å². The molecule has 0 amide bonds. The maximum atomic E-state index is 12.7. The van der Waals surface area contributed by atoms with Crippen LogP contribution in [0.4, 0.5) is 0 Å². The molecule has 0 fully saturated rings. The molecular formula is C30H24O5. The van der Waals surface area contributed by atoms with Crippen molar-refractivity contribution in [2.75, 3.05) is 14.2 Å². The molecule has 5 nitrogen and oxygen atoms in total. The van der Waals surface area contributed by atoms with Crippen molar-refractivity contribution in [1.82, 2.24) is 0 Å². The van der Waals surface area contributed by atoms with Gasteiger partial charge in [-0.25, -0.2) is 4.79 Å². The standard InChI is InChI=1S/C30H24O5/c1-33-27-11-7-6-10-25(27)30(32)35-28-19-13-21(20-29(28)34-2)12-18-26(31)24-16-14-23(15-17-24)22-8-4-3-5-9-22/h3-20H,1-2H3. The Morgan fingerprint density at radius 1 is 0.657 bits per heavy atom. The summed E-state index contributed by atoms with van der Waals surface area (Å²) in [5.41, 5.74) is 3.78. The Kier molecular flexibility index (Phi) is 7.38. The van der Waals surface area contributed by atoms with Crippen LogP contribution in [-0.4, -0.2) is 26.0 Å². The number of allylic oxidation sites excluding steroid dienone is 1. The largest absolute Gasteiger partial charge is 0.496 e. The first-order valence-electron chi connectivity index (χ1n) is 11.0. The first-order chi connectivity index (χ1) is 17.1. The number of ketones is 1. The summed E-state index contributed by atoms with van der Waals surface area (Å²) in [4.78, 5) is 25.3. The second-order valence-electron chi connectivity index (χ2n) is 7.64. The Bertz CT molecular complexity index is 1360. The number of carbonyl (C=O) groups excluding carboxylic acids is 2. The molecule has 0 radical (unpaired) electrons. The van der Waals surface area contributed by atoms with Crippen molar-refractivity contribution in [2.45, 2.75) is 0 Å². The summed E-state index contributed by atoms with van der Waals surface area (Å²) < 4.78 is 16.2. The first-order valence-corrected chi connectivity index (χ1v) is 11.0. The zero-order valence-electron chi connectivity index (χ0n) is 19.4. The van der Waals surface area contributed by atoms with Crippen LogP contribution in [0.15, 0.2) is 103 Å². The van der Waals surface area contributed by atoms with Gasteiger partial charge in [0.2, 0.25) is 0 Å². The quantitative estimate of drug-likeness (QED) is 0.129. The zero-order valence-corrected chi connectivity index (χ0v) is 19.4. The number of carbonyl (C=O) groups is 2. The van der Waals surface area contributed by atoms with Gasteiger partial charge in [-0.05, 0) is 47.0 Å². The highest BCUT2D eigenvalue weighted by Gasteiger charge is 2.16. The summed E-state index contributed by atoms with van der Waals surface area (Å²) in [7, 11) is 2.98. The number of methoxy groups -OCH3 is 2. The Labute approximate surface area is 204 Å². The van der Waals surface area contributed by atoms with Gasteiger partial charge in [0, 0.05) is 5.56 Å². The lowest BCUT2D eigenvalue weighted by Gasteiger charge is -2.11. The van der Waals surface area contributed by atoms with Gasteiger partial charge in [0.15, 0.2) is 17.3 Å². The molecule has 0 atom stereocenters. The van der Waals surface area contributed by atoms with Gasteiger partial charge >= 0.3 is 5.97 Å². The Morgan fingerprint density at radius 2 is 1.31 bits per heavy atom. The molecule has 0 heterocycles. The Balaban J connectivity index is 1.46. The van der Waals surface area contributed by atoms with Crippen LogP contribution < -0.4 is 14.2 Å². The Morgan fingerprint density at radius 3 is 2.03 bits per heavy atom. The van der Waals surface area contributed by atoms with E-state index in [9.17, 15) is 9.59 Å². The van der Waals surface area contributed by atoms with Crippen LogP contribution in [-0.2, 0) is 0 Å². The molecule has 174 valence electrons. The van der Waals surface area contributed by atoms with Crippen LogP contribution in [0.2, 0.25) is 0 Å². The minimum atomic E-state index is -0.557. The molecule has 4 rings (SSSR count). The van der Waals surface area contributed by atoms with Crippen molar-refractivity contribution in [3.8, 4) is 28.4 Å². The van der Waals surface area contributed by atoms with E-state index in [4.69, 9.17) is 14.2 Å². The zero-order chi connectivity index (χ0) is 24.6. The van der Waals surface area contributed by atoms with Crippen molar-refractivity contribution in [3.05, 3.63) is 120 Å². The third-order valence-corrected chi connectivity index (χ3v) is 5.42. The van der Waals surface area contributed by atoms with Crippen molar-refractivity contribution >= 4 is 17.8 Å². The smallest absolute Gasteiger partial charge is 0.347 e. The van der Waals surface area contributed by atoms with E-state index in [0.29, 0.717) is 22.6 Å². The number of para-hydroxylation sites is 1. The van der Waals surface area contributed by atoms with Gasteiger partial charge in [-0.3, -0.25) is 4.79 Å². The molecule has 4 aromatic rings. The average Bonchev–Trinajstić information content (AvgIpc) is 2.92. The molecule has 0 saturated carbocycles. The van der Waals surface area contributed by atoms with Gasteiger partial charge in [0.05, 0.1) is 14.2 Å². The van der Waals surface area contributed by atoms with E-state index in [1.54, 1.807) is 48.5 Å². The van der Waals surface area contributed by atoms with Gasteiger partial charge in [0.25, 0.3) is 0 Å². The molecule has 0 aliphatic rings. The van der Waals surface area contributed by atoms with Crippen LogP contribution >= 0.6 is 0 Å². The highest BCUT2D eigenvalue weighted by Crippen LogP contribution is 2.30. The summed E-state index contributed by atoms with van der Waals surface area (Å²) >= 11 is 0. The van der Waals surface area contributed by atoms with E-state index >= 15 is 0 Å². The van der Waals surface area contributed by atoms with E-state index < -0.39 is 5.97 Å². The minimum absolute atomic E-state index is 0.116. The predicted octanol–water partition coefficient (Wildman–Crippen LogP) is 6.49. The van der Waals surface area contributed by atoms with Crippen LogP contribution in [0.5, 0.6) is 17.2 Å². The summed E-state index contributed by atoms with van der Waals surface area (Å²) in [5.74, 6) is 0.387. The highest BCUT2D eigenvalue weighted by molar-refractivity contribution is 6.07. The molecule has 35 heavy (non-hydrogen) atoms. The van der Waals surface area contributed by atoms with E-state index in [1.807, 2.05) is 54.6 Å². The summed E-state index contributed by atoms with van der Waals surface area (Å²) in [6.45, 7) is 0. The van der Waals surface area contributed by atoms with Gasteiger partial charge in [-0.1, -0.05) is 78.9 Å². The molecule has 0 saturated heterocycles. The van der Waals surface area contributed by atoms with Crippen molar-refractivity contribution in [2.24, 2.45) is 0 Å². The molecule has 0 aliphatic heterocycles. The number of esters is 1. The molecule has 0 spiro atoms. The monoisotopic (exact) mass is 464 g/mol. The van der Waals surface area contributed by atoms with Crippen molar-refractivity contribution < 1.29 is 23.8 Å². The first kappa shape index (κ1) is 23.5. The third-order valence-electron chi connectivity index (χ3n) is 5.42. The fourth-order valence-electron chi connectivity index (χ4n) is 3.57. The summed E-state index contributed by atoms with van der Waals surface area (Å²) in [6.07, 6.45) is 3.20. The van der Waals surface area contributed by atoms with Gasteiger partial charge < -0.3 is 14.2 Å². The number of hydrogen-bond acceptors (Lipinski definition) is 5. The summed E-state index contributed by atoms with van der Waals surface area (Å²) in [6, 6.07) is 29.4. The fourth-order valence-corrected chi connectivity index (χ4v) is 3.57. The van der Waals surface area contributed by atoms with Gasteiger partial charge in [-0.2, -0.15) is 0 Å². The molecular weight excluding hydrogens is 440 g/mol. The molecule has 0 aliphatic carbocycles. The van der Waals surface area contributed by atoms with E-state index in [-0.39, 0.29) is 11.5 Å². The lowest BCUT2D eigenvalue weighted by molar-refractivity contribution is 0.0726. The Hall–Kier alpha value is -4.64. The second kappa shape index (κ2) is 11.0. The van der Waals surface area contributed by atoms with Crippen LogP contribution in [0, 0.1) is 0 Å². The maximum absolute atomic E-state index is 12.7. The lowest BCUT2D eigenvalue weighted by Crippen LogP contribution is -2.10. The fraction of sp³-hybridized carbons (Fsp3) is 0.0667. The average molecular weight is 465 g/mol. The SMILES string of the molecule is COc1cc(C=CC(=O)c2ccc(-c3ccccc3)cc2)ccc1OC(=O)c1ccccc1OC. The van der Waals surface area contributed by atoms with Crippen LogP contribution in [0.1, 0.15) is 26.3 Å². The number of rotatable bonds is 8. The molecule has 0 aromatic heterocycles. The normalized spacial score (nSPS) is 10.7. The second-order valence-corrected chi connectivity index (χ2v) is 7.64. The van der Waals surface area contributed by atoms with Crippen LogP contribution in [0.25, 0.3) is 17.2 Å².